The molecule has 0 N–H and O–H groups in total. The average Bonchev–Trinajstić information content (AvgIpc) is 2.37. The fourth-order valence-electron chi connectivity index (χ4n) is 1.20. The summed E-state index contributed by atoms with van der Waals surface area (Å²) in [6.45, 7) is 12.8. The van der Waals surface area contributed by atoms with Crippen LogP contribution in [-0.4, -0.2) is 39.0 Å². The quantitative estimate of drug-likeness (QED) is 0.190. The lowest BCUT2D eigenvalue weighted by Crippen LogP contribution is -2.34. The molecule has 0 aromatic rings. The van der Waals surface area contributed by atoms with Gasteiger partial charge in [-0.1, -0.05) is 19.1 Å². The summed E-state index contributed by atoms with van der Waals surface area (Å²) in [6.07, 6.45) is 0.666. The Morgan fingerprint density at radius 2 is 1.89 bits per heavy atom. The van der Waals surface area contributed by atoms with Crippen LogP contribution in [0.1, 0.15) is 34.1 Å². The minimum absolute atomic E-state index is 0.225. The molecular formula is C14H26O5. The van der Waals surface area contributed by atoms with Crippen molar-refractivity contribution in [3.05, 3.63) is 12.2 Å². The van der Waals surface area contributed by atoms with Crippen LogP contribution in [0.4, 0.5) is 0 Å². The van der Waals surface area contributed by atoms with Crippen molar-refractivity contribution in [1.82, 2.24) is 0 Å². The maximum atomic E-state index is 11.8. The van der Waals surface area contributed by atoms with E-state index in [0.717, 1.165) is 5.57 Å². The van der Waals surface area contributed by atoms with Crippen LogP contribution >= 0.6 is 0 Å². The molecule has 0 aliphatic heterocycles. The van der Waals surface area contributed by atoms with E-state index in [9.17, 15) is 4.79 Å². The molecule has 0 radical (unpaired) electrons. The molecule has 0 heterocycles. The summed E-state index contributed by atoms with van der Waals surface area (Å²) in [5, 5.41) is 0. The minimum atomic E-state index is -0.603. The Morgan fingerprint density at radius 3 is 2.42 bits per heavy atom. The van der Waals surface area contributed by atoms with Gasteiger partial charge in [0.15, 0.2) is 0 Å². The van der Waals surface area contributed by atoms with Gasteiger partial charge in [0.25, 0.3) is 0 Å². The summed E-state index contributed by atoms with van der Waals surface area (Å²) in [4.78, 5) is 21.5. The third-order valence-corrected chi connectivity index (χ3v) is 2.67. The summed E-state index contributed by atoms with van der Waals surface area (Å²) in [6, 6.07) is 0. The van der Waals surface area contributed by atoms with E-state index in [1.807, 2.05) is 20.8 Å². The molecule has 0 aromatic carbocycles. The standard InChI is InChI=1S/C14H26O5/c1-6-14(5,13(15)17-7-2)11-16-8-9-18-19-10-12(3)4/h3,6-11H2,1-2,4-5H3. The van der Waals surface area contributed by atoms with E-state index >= 15 is 0 Å². The molecule has 5 nitrogen and oxygen atoms in total. The van der Waals surface area contributed by atoms with Crippen molar-refractivity contribution in [3.8, 4) is 0 Å². The molecular weight excluding hydrogens is 248 g/mol. The first-order chi connectivity index (χ1) is 8.96. The number of ether oxygens (including phenoxy) is 2. The van der Waals surface area contributed by atoms with Crippen molar-refractivity contribution in [3.63, 3.8) is 0 Å². The SMILES string of the molecule is C=C(C)COOCCOCC(C)(CC)C(=O)OCC. The third kappa shape index (κ3) is 7.97. The van der Waals surface area contributed by atoms with Gasteiger partial charge in [-0.15, -0.1) is 0 Å². The fourth-order valence-corrected chi connectivity index (χ4v) is 1.20. The van der Waals surface area contributed by atoms with Gasteiger partial charge in [-0.25, -0.2) is 9.78 Å². The number of esters is 1. The first-order valence-corrected chi connectivity index (χ1v) is 6.60. The van der Waals surface area contributed by atoms with Gasteiger partial charge in [-0.05, 0) is 27.2 Å². The second kappa shape index (κ2) is 9.95. The Balaban J connectivity index is 3.77. The van der Waals surface area contributed by atoms with Gasteiger partial charge < -0.3 is 9.47 Å². The number of rotatable bonds is 11. The van der Waals surface area contributed by atoms with E-state index in [-0.39, 0.29) is 5.97 Å². The lowest BCUT2D eigenvalue weighted by atomic mass is 9.89. The maximum absolute atomic E-state index is 11.8. The summed E-state index contributed by atoms with van der Waals surface area (Å²) >= 11 is 0. The van der Waals surface area contributed by atoms with Crippen molar-refractivity contribution >= 4 is 5.97 Å². The number of carbonyl (C=O) groups is 1. The second-order valence-electron chi connectivity index (χ2n) is 4.73. The van der Waals surface area contributed by atoms with E-state index < -0.39 is 5.41 Å². The van der Waals surface area contributed by atoms with Crippen LogP contribution < -0.4 is 0 Å². The average molecular weight is 274 g/mol. The molecule has 0 spiro atoms. The van der Waals surface area contributed by atoms with Crippen molar-refractivity contribution in [2.45, 2.75) is 34.1 Å². The predicted molar refractivity (Wildman–Crippen MR) is 72.6 cm³/mol. The summed E-state index contributed by atoms with van der Waals surface area (Å²) < 4.78 is 10.5. The van der Waals surface area contributed by atoms with Crippen molar-refractivity contribution < 1.29 is 24.0 Å². The molecule has 0 amide bonds. The Morgan fingerprint density at radius 1 is 1.21 bits per heavy atom. The summed E-state index contributed by atoms with van der Waals surface area (Å²) in [5.74, 6) is -0.225. The molecule has 19 heavy (non-hydrogen) atoms. The molecule has 0 rings (SSSR count). The second-order valence-corrected chi connectivity index (χ2v) is 4.73. The van der Waals surface area contributed by atoms with Gasteiger partial charge in [-0.3, -0.25) is 4.79 Å². The highest BCUT2D eigenvalue weighted by Crippen LogP contribution is 2.23. The fraction of sp³-hybridized carbons (Fsp3) is 0.786. The van der Waals surface area contributed by atoms with E-state index in [2.05, 4.69) is 6.58 Å². The van der Waals surface area contributed by atoms with Crippen LogP contribution in [0.25, 0.3) is 0 Å². The van der Waals surface area contributed by atoms with Crippen molar-refractivity contribution in [1.29, 1.82) is 0 Å². The topological polar surface area (TPSA) is 54.0 Å². The van der Waals surface area contributed by atoms with E-state index in [1.54, 1.807) is 6.92 Å². The molecule has 112 valence electrons. The number of carbonyl (C=O) groups excluding carboxylic acids is 1. The van der Waals surface area contributed by atoms with Gasteiger partial charge in [0.2, 0.25) is 0 Å². The first-order valence-electron chi connectivity index (χ1n) is 6.60. The molecule has 0 aliphatic carbocycles. The zero-order chi connectivity index (χ0) is 14.7. The van der Waals surface area contributed by atoms with Crippen LogP contribution in [0.5, 0.6) is 0 Å². The Hall–Kier alpha value is -0.910. The highest BCUT2D eigenvalue weighted by atomic mass is 17.2. The Labute approximate surface area is 115 Å². The smallest absolute Gasteiger partial charge is 0.314 e. The lowest BCUT2D eigenvalue weighted by molar-refractivity contribution is -0.293. The van der Waals surface area contributed by atoms with E-state index in [0.29, 0.717) is 39.5 Å². The highest BCUT2D eigenvalue weighted by molar-refractivity contribution is 5.76. The number of hydrogen-bond acceptors (Lipinski definition) is 5. The van der Waals surface area contributed by atoms with Crippen LogP contribution in [0.2, 0.25) is 0 Å². The molecule has 0 aliphatic rings. The normalized spacial score (nSPS) is 13.9. The molecule has 1 unspecified atom stereocenters. The van der Waals surface area contributed by atoms with E-state index in [1.165, 1.54) is 0 Å². The minimum Gasteiger partial charge on any atom is -0.466 e. The lowest BCUT2D eigenvalue weighted by Gasteiger charge is -2.25. The van der Waals surface area contributed by atoms with Crippen LogP contribution in [0.15, 0.2) is 12.2 Å². The van der Waals surface area contributed by atoms with Crippen LogP contribution in [-0.2, 0) is 24.0 Å². The van der Waals surface area contributed by atoms with Gasteiger partial charge in [0, 0.05) is 0 Å². The van der Waals surface area contributed by atoms with Gasteiger partial charge in [-0.2, -0.15) is 0 Å². The molecule has 1 atom stereocenters. The zero-order valence-electron chi connectivity index (χ0n) is 12.5. The number of hydrogen-bond donors (Lipinski definition) is 0. The Bertz CT molecular complexity index is 277. The maximum Gasteiger partial charge on any atom is 0.314 e. The van der Waals surface area contributed by atoms with Crippen molar-refractivity contribution in [2.75, 3.05) is 33.0 Å². The predicted octanol–water partition coefficient (Wildman–Crippen LogP) is 2.51. The third-order valence-electron chi connectivity index (χ3n) is 2.67. The van der Waals surface area contributed by atoms with E-state index in [4.69, 9.17) is 19.2 Å². The largest absolute Gasteiger partial charge is 0.466 e. The monoisotopic (exact) mass is 274 g/mol. The molecule has 0 bridgehead atoms. The first kappa shape index (κ1) is 18.1. The molecule has 0 aromatic heterocycles. The van der Waals surface area contributed by atoms with Crippen LogP contribution in [0, 0.1) is 5.41 Å². The molecule has 0 saturated carbocycles. The Kier molecular flexibility index (Phi) is 9.47. The van der Waals surface area contributed by atoms with Gasteiger partial charge in [0.1, 0.15) is 13.2 Å². The molecule has 0 saturated heterocycles. The molecule has 0 fully saturated rings. The van der Waals surface area contributed by atoms with Crippen molar-refractivity contribution in [2.24, 2.45) is 5.41 Å². The summed E-state index contributed by atoms with van der Waals surface area (Å²) in [5.41, 5.74) is 0.288. The van der Waals surface area contributed by atoms with Gasteiger partial charge >= 0.3 is 5.97 Å². The van der Waals surface area contributed by atoms with Gasteiger partial charge in [0.05, 0.1) is 25.2 Å². The highest BCUT2D eigenvalue weighted by Gasteiger charge is 2.33. The van der Waals surface area contributed by atoms with Crippen LogP contribution in [0.3, 0.4) is 0 Å². The summed E-state index contributed by atoms with van der Waals surface area (Å²) in [7, 11) is 0. The zero-order valence-corrected chi connectivity index (χ0v) is 12.5. The molecule has 5 heteroatoms.